The molecule has 0 aromatic heterocycles. The molecule has 0 bridgehead atoms. The summed E-state index contributed by atoms with van der Waals surface area (Å²) < 4.78 is 0. The Bertz CT molecular complexity index is 675. The van der Waals surface area contributed by atoms with Gasteiger partial charge in [-0.3, -0.25) is 24.1 Å². The van der Waals surface area contributed by atoms with E-state index in [2.05, 4.69) is 5.32 Å². The maximum atomic E-state index is 12.9. The first-order chi connectivity index (χ1) is 12.4. The van der Waals surface area contributed by atoms with Crippen LogP contribution in [0.5, 0.6) is 0 Å². The van der Waals surface area contributed by atoms with Gasteiger partial charge in [0.1, 0.15) is 0 Å². The van der Waals surface area contributed by atoms with Crippen molar-refractivity contribution in [2.75, 3.05) is 13.1 Å². The standard InChI is InChI=1S/C19H24N3O4/c1-13(18(20)25)9-10-17(24)22(15-8-5-11-21-12-16(15)23)19(26)14-6-3-2-4-7-14/h2-4,6-7,10,13,15,21H,5,8-9,11-12H2,1H3,(H2,20,25)/t13?,15-/m0/s1. The summed E-state index contributed by atoms with van der Waals surface area (Å²) in [6.07, 6.45) is 2.48. The van der Waals surface area contributed by atoms with E-state index < -0.39 is 29.7 Å². The fourth-order valence-corrected chi connectivity index (χ4v) is 2.79. The molecule has 1 aliphatic heterocycles. The fraction of sp³-hybridized carbons (Fsp3) is 0.421. The van der Waals surface area contributed by atoms with Crippen LogP contribution in [0.3, 0.4) is 0 Å². The number of rotatable bonds is 6. The molecule has 1 aromatic rings. The van der Waals surface area contributed by atoms with Crippen molar-refractivity contribution in [1.29, 1.82) is 0 Å². The molecule has 0 saturated carbocycles. The molecule has 3 N–H and O–H groups in total. The minimum absolute atomic E-state index is 0.117. The SMILES string of the molecule is CC(C[CH]C(=O)N(C(=O)c1ccccc1)[C@H]1CCCNCC1=O)C(N)=O. The molecule has 0 spiro atoms. The van der Waals surface area contributed by atoms with Gasteiger partial charge in [0.2, 0.25) is 11.8 Å². The average Bonchev–Trinajstić information content (AvgIpc) is 2.85. The number of primary amides is 1. The maximum absolute atomic E-state index is 12.9. The van der Waals surface area contributed by atoms with Gasteiger partial charge in [0.05, 0.1) is 19.0 Å². The molecular formula is C19H24N3O4. The van der Waals surface area contributed by atoms with Crippen LogP contribution < -0.4 is 11.1 Å². The van der Waals surface area contributed by atoms with Crippen molar-refractivity contribution >= 4 is 23.5 Å². The Morgan fingerprint density at radius 3 is 2.65 bits per heavy atom. The molecule has 0 aliphatic carbocycles. The van der Waals surface area contributed by atoms with Crippen LogP contribution in [0.25, 0.3) is 0 Å². The highest BCUT2D eigenvalue weighted by molar-refractivity contribution is 6.10. The predicted octanol–water partition coefficient (Wildman–Crippen LogP) is 0.692. The molecule has 1 fully saturated rings. The minimum atomic E-state index is -0.814. The number of carbonyl (C=O) groups is 4. The largest absolute Gasteiger partial charge is 0.369 e. The third-order valence-corrected chi connectivity index (χ3v) is 4.42. The van der Waals surface area contributed by atoms with E-state index in [1.165, 1.54) is 6.42 Å². The van der Waals surface area contributed by atoms with Gasteiger partial charge in [0.15, 0.2) is 5.78 Å². The van der Waals surface area contributed by atoms with Crippen molar-refractivity contribution in [2.45, 2.75) is 32.2 Å². The maximum Gasteiger partial charge on any atom is 0.261 e. The number of nitrogens with one attached hydrogen (secondary N) is 1. The van der Waals surface area contributed by atoms with E-state index in [0.29, 0.717) is 24.9 Å². The zero-order valence-corrected chi connectivity index (χ0v) is 14.8. The number of hydrogen-bond acceptors (Lipinski definition) is 5. The Morgan fingerprint density at radius 1 is 1.31 bits per heavy atom. The van der Waals surface area contributed by atoms with Crippen molar-refractivity contribution in [3.63, 3.8) is 0 Å². The van der Waals surface area contributed by atoms with Crippen LogP contribution in [0.1, 0.15) is 36.5 Å². The highest BCUT2D eigenvalue weighted by Gasteiger charge is 2.35. The normalized spacial score (nSPS) is 18.7. The van der Waals surface area contributed by atoms with Crippen LogP contribution in [-0.4, -0.2) is 47.5 Å². The third-order valence-electron chi connectivity index (χ3n) is 4.42. The summed E-state index contributed by atoms with van der Waals surface area (Å²) in [6.45, 7) is 2.39. The molecule has 7 nitrogen and oxygen atoms in total. The fourth-order valence-electron chi connectivity index (χ4n) is 2.79. The summed E-state index contributed by atoms with van der Waals surface area (Å²) in [5, 5.41) is 2.99. The van der Waals surface area contributed by atoms with Gasteiger partial charge in [-0.15, -0.1) is 0 Å². The monoisotopic (exact) mass is 358 g/mol. The summed E-state index contributed by atoms with van der Waals surface area (Å²) in [5.41, 5.74) is 5.56. The lowest BCUT2D eigenvalue weighted by atomic mass is 10.0. The van der Waals surface area contributed by atoms with Crippen molar-refractivity contribution in [3.05, 3.63) is 42.3 Å². The molecule has 2 rings (SSSR count). The molecule has 2 atom stereocenters. The number of Topliss-reactive ketones (excluding diaryl/α,β-unsaturated/α-hetero) is 1. The number of amides is 3. The van der Waals surface area contributed by atoms with Gasteiger partial charge >= 0.3 is 0 Å². The molecule has 1 saturated heterocycles. The van der Waals surface area contributed by atoms with Gasteiger partial charge in [-0.25, -0.2) is 0 Å². The second-order valence-corrected chi connectivity index (χ2v) is 6.42. The Morgan fingerprint density at radius 2 is 2.00 bits per heavy atom. The number of imide groups is 1. The van der Waals surface area contributed by atoms with Gasteiger partial charge in [0.25, 0.3) is 5.91 Å². The second-order valence-electron chi connectivity index (χ2n) is 6.42. The van der Waals surface area contributed by atoms with Crippen molar-refractivity contribution in [3.8, 4) is 0 Å². The molecule has 139 valence electrons. The summed E-state index contributed by atoms with van der Waals surface area (Å²) in [5.74, 6) is -2.34. The number of hydrogen-bond donors (Lipinski definition) is 2. The first-order valence-electron chi connectivity index (χ1n) is 8.70. The molecular weight excluding hydrogens is 334 g/mol. The van der Waals surface area contributed by atoms with Crippen molar-refractivity contribution in [2.24, 2.45) is 11.7 Å². The Labute approximate surface area is 152 Å². The van der Waals surface area contributed by atoms with Gasteiger partial charge in [-0.2, -0.15) is 0 Å². The third kappa shape index (κ3) is 4.98. The Balaban J connectivity index is 2.25. The van der Waals surface area contributed by atoms with Crippen LogP contribution >= 0.6 is 0 Å². The molecule has 1 radical (unpaired) electrons. The van der Waals surface area contributed by atoms with E-state index in [9.17, 15) is 19.2 Å². The molecule has 1 aliphatic rings. The van der Waals surface area contributed by atoms with Crippen LogP contribution in [0.15, 0.2) is 30.3 Å². The lowest BCUT2D eigenvalue weighted by Gasteiger charge is -2.28. The van der Waals surface area contributed by atoms with Crippen molar-refractivity contribution in [1.82, 2.24) is 10.2 Å². The van der Waals surface area contributed by atoms with E-state index in [0.717, 1.165) is 4.90 Å². The molecule has 1 heterocycles. The Hall–Kier alpha value is -2.54. The summed E-state index contributed by atoms with van der Waals surface area (Å²) in [6, 6.07) is 7.56. The average molecular weight is 358 g/mol. The van der Waals surface area contributed by atoms with E-state index in [-0.39, 0.29) is 18.7 Å². The van der Waals surface area contributed by atoms with E-state index in [1.54, 1.807) is 37.3 Å². The number of nitrogens with zero attached hydrogens (tertiary/aromatic N) is 1. The minimum Gasteiger partial charge on any atom is -0.369 e. The smallest absolute Gasteiger partial charge is 0.261 e. The Kier molecular flexibility index (Phi) is 7.03. The van der Waals surface area contributed by atoms with Gasteiger partial charge in [-0.1, -0.05) is 25.1 Å². The highest BCUT2D eigenvalue weighted by Crippen LogP contribution is 2.18. The first kappa shape index (κ1) is 19.8. The number of carbonyl (C=O) groups excluding carboxylic acids is 4. The molecule has 1 aromatic carbocycles. The zero-order valence-electron chi connectivity index (χ0n) is 14.8. The highest BCUT2D eigenvalue weighted by atomic mass is 16.2. The zero-order chi connectivity index (χ0) is 19.1. The van der Waals surface area contributed by atoms with Crippen LogP contribution in [0, 0.1) is 12.3 Å². The second kappa shape index (κ2) is 9.24. The lowest BCUT2D eigenvalue weighted by molar-refractivity contribution is -0.134. The van der Waals surface area contributed by atoms with Gasteiger partial charge in [-0.05, 0) is 37.9 Å². The molecule has 7 heteroatoms. The van der Waals surface area contributed by atoms with Gasteiger partial charge in [0, 0.05) is 11.5 Å². The molecule has 3 amide bonds. The van der Waals surface area contributed by atoms with Crippen LogP contribution in [0.4, 0.5) is 0 Å². The van der Waals surface area contributed by atoms with Crippen molar-refractivity contribution < 1.29 is 19.2 Å². The predicted molar refractivity (Wildman–Crippen MR) is 95.8 cm³/mol. The van der Waals surface area contributed by atoms with E-state index in [4.69, 9.17) is 5.73 Å². The summed E-state index contributed by atoms with van der Waals surface area (Å²) in [7, 11) is 0. The topological polar surface area (TPSA) is 110 Å². The molecule has 26 heavy (non-hydrogen) atoms. The van der Waals surface area contributed by atoms with Gasteiger partial charge < -0.3 is 11.1 Å². The number of nitrogens with two attached hydrogens (primary N) is 1. The summed E-state index contributed by atoms with van der Waals surface area (Å²) >= 11 is 0. The molecule has 1 unspecified atom stereocenters. The quantitative estimate of drug-likeness (QED) is 0.778. The van der Waals surface area contributed by atoms with E-state index in [1.807, 2.05) is 0 Å². The summed E-state index contributed by atoms with van der Waals surface area (Å²) in [4.78, 5) is 50.4. The van der Waals surface area contributed by atoms with Crippen LogP contribution in [-0.2, 0) is 14.4 Å². The lowest BCUT2D eigenvalue weighted by Crippen LogP contribution is -2.50. The number of benzene rings is 1. The first-order valence-corrected chi connectivity index (χ1v) is 8.70. The number of ketones is 1. The van der Waals surface area contributed by atoms with Crippen LogP contribution in [0.2, 0.25) is 0 Å². The van der Waals surface area contributed by atoms with E-state index >= 15 is 0 Å².